The molecule has 114 valence electrons. The third-order valence-corrected chi connectivity index (χ3v) is 6.15. The van der Waals surface area contributed by atoms with Gasteiger partial charge in [0.15, 0.2) is 4.21 Å². The van der Waals surface area contributed by atoms with E-state index in [2.05, 4.69) is 9.59 Å². The summed E-state index contributed by atoms with van der Waals surface area (Å²) in [6.45, 7) is 3.79. The van der Waals surface area contributed by atoms with Gasteiger partial charge in [-0.1, -0.05) is 10.6 Å². The maximum Gasteiger partial charge on any atom is 0.348 e. The van der Waals surface area contributed by atoms with Crippen LogP contribution in [0.4, 0.5) is 0 Å². The summed E-state index contributed by atoms with van der Waals surface area (Å²) in [4.78, 5) is 0.747. The fourth-order valence-electron chi connectivity index (χ4n) is 2.01. The van der Waals surface area contributed by atoms with Crippen molar-refractivity contribution in [2.24, 2.45) is 0 Å². The molecule has 22 heavy (non-hydrogen) atoms. The number of hydrogen-bond acceptors (Lipinski definition) is 7. The predicted molar refractivity (Wildman–Crippen MR) is 87.0 cm³/mol. The first-order valence-electron chi connectivity index (χ1n) is 6.34. The van der Waals surface area contributed by atoms with Gasteiger partial charge in [-0.15, -0.1) is 16.4 Å². The van der Waals surface area contributed by atoms with Gasteiger partial charge in [-0.25, -0.2) is 0 Å². The molecule has 0 atom stereocenters. The van der Waals surface area contributed by atoms with E-state index in [-0.39, 0.29) is 4.21 Å². The van der Waals surface area contributed by atoms with Crippen molar-refractivity contribution in [1.82, 2.24) is 9.59 Å². The average molecular weight is 352 g/mol. The zero-order valence-electron chi connectivity index (χ0n) is 11.8. The van der Waals surface area contributed by atoms with E-state index in [1.807, 2.05) is 19.9 Å². The van der Waals surface area contributed by atoms with E-state index in [4.69, 9.17) is 4.18 Å². The summed E-state index contributed by atoms with van der Waals surface area (Å²) in [6.07, 6.45) is 0. The lowest BCUT2D eigenvalue weighted by atomic mass is 10.1. The highest BCUT2D eigenvalue weighted by atomic mass is 32.3. The second kappa shape index (κ2) is 5.79. The summed E-state index contributed by atoms with van der Waals surface area (Å²) in [6, 6.07) is 8.58. The third kappa shape index (κ3) is 3.18. The van der Waals surface area contributed by atoms with Crippen molar-refractivity contribution in [2.75, 3.05) is 0 Å². The Morgan fingerprint density at radius 2 is 1.82 bits per heavy atom. The van der Waals surface area contributed by atoms with Crippen LogP contribution in [0.1, 0.15) is 11.1 Å². The standard InChI is InChI=1S/C14H12N2O3S3/c1-9-5-10(2)7-11(6-9)19-22(17,18)14-4-3-13(21-14)12-8-20-16-15-12/h3-8H,1-2H3. The SMILES string of the molecule is Cc1cc(C)cc(OS(=O)(=O)c2ccc(-c3csnn3)s2)c1. The second-order valence-corrected chi connectivity index (χ2v) is 8.24. The lowest BCUT2D eigenvalue weighted by Crippen LogP contribution is -2.08. The monoisotopic (exact) mass is 352 g/mol. The first-order valence-corrected chi connectivity index (χ1v) is 9.40. The molecule has 0 bridgehead atoms. The fraction of sp³-hybridized carbons (Fsp3) is 0.143. The summed E-state index contributed by atoms with van der Waals surface area (Å²) in [5, 5.41) is 5.70. The molecule has 0 aliphatic carbocycles. The first-order chi connectivity index (χ1) is 10.4. The quantitative estimate of drug-likeness (QED) is 0.670. The van der Waals surface area contributed by atoms with Crippen LogP contribution in [0.25, 0.3) is 10.6 Å². The maximum absolute atomic E-state index is 12.4. The number of hydrogen-bond donors (Lipinski definition) is 0. The van der Waals surface area contributed by atoms with Gasteiger partial charge in [0.1, 0.15) is 11.4 Å². The zero-order chi connectivity index (χ0) is 15.7. The van der Waals surface area contributed by atoms with Crippen LogP contribution in [0.5, 0.6) is 5.75 Å². The molecule has 1 aromatic carbocycles. The number of benzene rings is 1. The van der Waals surface area contributed by atoms with E-state index in [0.717, 1.165) is 27.3 Å². The van der Waals surface area contributed by atoms with Crippen molar-refractivity contribution in [3.05, 3.63) is 46.8 Å². The molecule has 0 saturated carbocycles. The summed E-state index contributed by atoms with van der Waals surface area (Å²) >= 11 is 2.34. The van der Waals surface area contributed by atoms with E-state index >= 15 is 0 Å². The molecule has 0 aliphatic heterocycles. The van der Waals surface area contributed by atoms with E-state index in [1.165, 1.54) is 17.6 Å². The molecule has 0 spiro atoms. The van der Waals surface area contributed by atoms with Gasteiger partial charge in [-0.3, -0.25) is 0 Å². The lowest BCUT2D eigenvalue weighted by molar-refractivity contribution is 0.488. The van der Waals surface area contributed by atoms with Gasteiger partial charge in [0, 0.05) is 5.38 Å². The van der Waals surface area contributed by atoms with Gasteiger partial charge in [0.2, 0.25) is 0 Å². The number of nitrogens with zero attached hydrogens (tertiary/aromatic N) is 2. The van der Waals surface area contributed by atoms with Crippen molar-refractivity contribution < 1.29 is 12.6 Å². The van der Waals surface area contributed by atoms with E-state index < -0.39 is 10.1 Å². The molecule has 2 heterocycles. The Labute approximate surface area is 136 Å². The molecular formula is C14H12N2O3S3. The van der Waals surface area contributed by atoms with E-state index in [9.17, 15) is 8.42 Å². The largest absolute Gasteiger partial charge is 0.378 e. The Morgan fingerprint density at radius 3 is 2.45 bits per heavy atom. The average Bonchev–Trinajstić information content (AvgIpc) is 3.08. The van der Waals surface area contributed by atoms with Crippen molar-refractivity contribution in [3.8, 4) is 16.3 Å². The molecule has 0 saturated heterocycles. The van der Waals surface area contributed by atoms with Crippen LogP contribution in [0.15, 0.2) is 39.9 Å². The summed E-state index contributed by atoms with van der Waals surface area (Å²) in [5.74, 6) is 0.322. The fourth-order valence-corrected chi connectivity index (χ4v) is 4.68. The van der Waals surface area contributed by atoms with Gasteiger partial charge < -0.3 is 4.18 Å². The molecule has 0 unspecified atom stereocenters. The molecule has 0 fully saturated rings. The molecule has 0 amide bonds. The van der Waals surface area contributed by atoms with Crippen LogP contribution < -0.4 is 4.18 Å². The van der Waals surface area contributed by atoms with Crippen molar-refractivity contribution in [2.45, 2.75) is 18.1 Å². The van der Waals surface area contributed by atoms with Gasteiger partial charge in [-0.2, -0.15) is 8.42 Å². The minimum Gasteiger partial charge on any atom is -0.378 e. The van der Waals surface area contributed by atoms with Crippen molar-refractivity contribution in [1.29, 1.82) is 0 Å². The Kier molecular flexibility index (Phi) is 3.98. The Bertz CT molecular complexity index is 879. The van der Waals surface area contributed by atoms with Crippen LogP contribution in [0.2, 0.25) is 0 Å². The Morgan fingerprint density at radius 1 is 1.09 bits per heavy atom. The van der Waals surface area contributed by atoms with Gasteiger partial charge in [0.25, 0.3) is 0 Å². The third-order valence-electron chi connectivity index (χ3n) is 2.84. The molecule has 3 aromatic rings. The number of aryl methyl sites for hydroxylation is 2. The van der Waals surface area contributed by atoms with Crippen LogP contribution in [0.3, 0.4) is 0 Å². The normalized spacial score (nSPS) is 11.5. The molecule has 0 N–H and O–H groups in total. The van der Waals surface area contributed by atoms with Crippen molar-refractivity contribution in [3.63, 3.8) is 0 Å². The maximum atomic E-state index is 12.4. The molecule has 2 aromatic heterocycles. The molecular weight excluding hydrogens is 340 g/mol. The van der Waals surface area contributed by atoms with Crippen LogP contribution in [0, 0.1) is 13.8 Å². The van der Waals surface area contributed by atoms with Crippen LogP contribution in [-0.4, -0.2) is 18.0 Å². The molecule has 8 heteroatoms. The predicted octanol–water partition coefficient (Wildman–Crippen LogP) is 3.65. The van der Waals surface area contributed by atoms with E-state index in [1.54, 1.807) is 23.6 Å². The molecule has 5 nitrogen and oxygen atoms in total. The number of aromatic nitrogens is 2. The summed E-state index contributed by atoms with van der Waals surface area (Å²) in [7, 11) is -3.84. The minimum atomic E-state index is -3.84. The number of rotatable bonds is 4. The smallest absolute Gasteiger partial charge is 0.348 e. The first kappa shape index (κ1) is 15.1. The topological polar surface area (TPSA) is 69.2 Å². The lowest BCUT2D eigenvalue weighted by Gasteiger charge is -2.07. The summed E-state index contributed by atoms with van der Waals surface area (Å²) < 4.78 is 33.9. The Balaban J connectivity index is 1.90. The second-order valence-electron chi connectivity index (χ2n) is 4.77. The van der Waals surface area contributed by atoms with Gasteiger partial charge in [-0.05, 0) is 60.8 Å². The highest BCUT2D eigenvalue weighted by Crippen LogP contribution is 2.31. The minimum absolute atomic E-state index is 0.148. The molecule has 0 aliphatic rings. The zero-order valence-corrected chi connectivity index (χ0v) is 14.3. The van der Waals surface area contributed by atoms with Gasteiger partial charge >= 0.3 is 10.1 Å². The van der Waals surface area contributed by atoms with Crippen LogP contribution in [-0.2, 0) is 10.1 Å². The number of thiophene rings is 1. The molecule has 3 rings (SSSR count). The van der Waals surface area contributed by atoms with Gasteiger partial charge in [0.05, 0.1) is 4.88 Å². The van der Waals surface area contributed by atoms with Crippen LogP contribution >= 0.6 is 22.9 Å². The van der Waals surface area contributed by atoms with E-state index in [0.29, 0.717) is 11.4 Å². The highest BCUT2D eigenvalue weighted by molar-refractivity contribution is 7.89. The van der Waals surface area contributed by atoms with Crippen molar-refractivity contribution >= 4 is 33.0 Å². The highest BCUT2D eigenvalue weighted by Gasteiger charge is 2.20. The summed E-state index contributed by atoms with van der Waals surface area (Å²) in [5.41, 5.74) is 2.57. The Hall–Kier alpha value is -1.77. The molecule has 0 radical (unpaired) electrons.